The van der Waals surface area contributed by atoms with Crippen LogP contribution >= 0.6 is 0 Å². The SMILES string of the molecule is COc1ccc(C(=O)N2CCC(Cc3noc(C4CC4)n3)C2)cc1OC. The first-order valence-electron chi connectivity index (χ1n) is 9.01. The molecule has 1 saturated heterocycles. The van der Waals surface area contributed by atoms with Crippen molar-refractivity contribution in [3.8, 4) is 11.5 Å². The molecule has 0 radical (unpaired) electrons. The maximum atomic E-state index is 12.8. The maximum absolute atomic E-state index is 12.8. The zero-order chi connectivity index (χ0) is 18.1. The van der Waals surface area contributed by atoms with Gasteiger partial charge in [0.25, 0.3) is 5.91 Å². The lowest BCUT2D eigenvalue weighted by molar-refractivity contribution is 0.0786. The van der Waals surface area contributed by atoms with E-state index in [-0.39, 0.29) is 5.91 Å². The smallest absolute Gasteiger partial charge is 0.254 e. The summed E-state index contributed by atoms with van der Waals surface area (Å²) in [5.41, 5.74) is 0.610. The lowest BCUT2D eigenvalue weighted by Crippen LogP contribution is -2.29. The van der Waals surface area contributed by atoms with E-state index in [1.54, 1.807) is 32.4 Å². The molecule has 1 aliphatic carbocycles. The molecule has 1 aromatic heterocycles. The van der Waals surface area contributed by atoms with Crippen LogP contribution in [0.5, 0.6) is 11.5 Å². The van der Waals surface area contributed by atoms with Crippen LogP contribution in [0.15, 0.2) is 22.7 Å². The second-order valence-corrected chi connectivity index (χ2v) is 7.00. The van der Waals surface area contributed by atoms with E-state index in [0.717, 1.165) is 43.9 Å². The van der Waals surface area contributed by atoms with Gasteiger partial charge < -0.3 is 18.9 Å². The molecule has 0 spiro atoms. The molecule has 1 aliphatic heterocycles. The van der Waals surface area contributed by atoms with Crippen LogP contribution < -0.4 is 9.47 Å². The number of likely N-dealkylation sites (tertiary alicyclic amines) is 1. The van der Waals surface area contributed by atoms with Crippen molar-refractivity contribution in [1.82, 2.24) is 15.0 Å². The molecular formula is C19H23N3O4. The summed E-state index contributed by atoms with van der Waals surface area (Å²) in [6.45, 7) is 1.45. The van der Waals surface area contributed by atoms with Gasteiger partial charge in [0.15, 0.2) is 17.3 Å². The molecule has 138 valence electrons. The van der Waals surface area contributed by atoms with Crippen molar-refractivity contribution < 1.29 is 18.8 Å². The summed E-state index contributed by atoms with van der Waals surface area (Å²) >= 11 is 0. The van der Waals surface area contributed by atoms with Gasteiger partial charge in [0.05, 0.1) is 14.2 Å². The number of ether oxygens (including phenoxy) is 2. The Labute approximate surface area is 152 Å². The van der Waals surface area contributed by atoms with Crippen molar-refractivity contribution in [2.24, 2.45) is 5.92 Å². The molecule has 7 heteroatoms. The molecule has 4 rings (SSSR count). The number of methoxy groups -OCH3 is 2. The zero-order valence-electron chi connectivity index (χ0n) is 15.1. The Morgan fingerprint density at radius 2 is 2.04 bits per heavy atom. The zero-order valence-corrected chi connectivity index (χ0v) is 15.1. The van der Waals surface area contributed by atoms with Crippen molar-refractivity contribution in [3.63, 3.8) is 0 Å². The minimum absolute atomic E-state index is 0.0141. The Bertz CT molecular complexity index is 800. The molecule has 1 unspecified atom stereocenters. The number of carbonyl (C=O) groups is 1. The van der Waals surface area contributed by atoms with Crippen LogP contribution in [0, 0.1) is 5.92 Å². The number of carbonyl (C=O) groups excluding carboxylic acids is 1. The van der Waals surface area contributed by atoms with Crippen LogP contribution in [-0.4, -0.2) is 48.3 Å². The molecule has 7 nitrogen and oxygen atoms in total. The molecular weight excluding hydrogens is 334 g/mol. The number of aromatic nitrogens is 2. The predicted molar refractivity (Wildman–Crippen MR) is 93.5 cm³/mol. The van der Waals surface area contributed by atoms with Crippen molar-refractivity contribution in [3.05, 3.63) is 35.5 Å². The van der Waals surface area contributed by atoms with E-state index in [9.17, 15) is 4.79 Å². The second-order valence-electron chi connectivity index (χ2n) is 7.00. The third-order valence-corrected chi connectivity index (χ3v) is 5.09. The van der Waals surface area contributed by atoms with Gasteiger partial charge in [0, 0.05) is 31.0 Å². The summed E-state index contributed by atoms with van der Waals surface area (Å²) in [4.78, 5) is 19.2. The minimum Gasteiger partial charge on any atom is -0.493 e. The Kier molecular flexibility index (Phi) is 4.53. The highest BCUT2D eigenvalue weighted by Gasteiger charge is 2.32. The normalized spacial score (nSPS) is 19.6. The van der Waals surface area contributed by atoms with E-state index in [2.05, 4.69) is 10.1 Å². The third-order valence-electron chi connectivity index (χ3n) is 5.09. The average Bonchev–Trinajstić information content (AvgIpc) is 3.24. The van der Waals surface area contributed by atoms with E-state index in [0.29, 0.717) is 35.4 Å². The summed E-state index contributed by atoms with van der Waals surface area (Å²) in [5.74, 6) is 3.57. The summed E-state index contributed by atoms with van der Waals surface area (Å²) in [7, 11) is 3.15. The summed E-state index contributed by atoms with van der Waals surface area (Å²) in [6.07, 6.45) is 4.01. The Morgan fingerprint density at radius 1 is 1.23 bits per heavy atom. The molecule has 0 bridgehead atoms. The van der Waals surface area contributed by atoms with Gasteiger partial charge in [0.2, 0.25) is 5.89 Å². The number of hydrogen-bond donors (Lipinski definition) is 0. The van der Waals surface area contributed by atoms with Crippen LogP contribution in [-0.2, 0) is 6.42 Å². The first-order chi connectivity index (χ1) is 12.7. The van der Waals surface area contributed by atoms with Crippen LogP contribution in [0.4, 0.5) is 0 Å². The molecule has 2 aliphatic rings. The molecule has 2 heterocycles. The Hall–Kier alpha value is -2.57. The Morgan fingerprint density at radius 3 is 2.77 bits per heavy atom. The van der Waals surface area contributed by atoms with Gasteiger partial charge in [-0.3, -0.25) is 4.79 Å². The molecule has 1 aromatic carbocycles. The molecule has 2 fully saturated rings. The van der Waals surface area contributed by atoms with Crippen molar-refractivity contribution in [1.29, 1.82) is 0 Å². The van der Waals surface area contributed by atoms with E-state index in [1.165, 1.54) is 0 Å². The highest BCUT2D eigenvalue weighted by Crippen LogP contribution is 2.39. The molecule has 0 N–H and O–H groups in total. The number of nitrogens with zero attached hydrogens (tertiary/aromatic N) is 3. The first kappa shape index (κ1) is 16.9. The predicted octanol–water partition coefficient (Wildman–Crippen LogP) is 2.67. The third kappa shape index (κ3) is 3.38. The van der Waals surface area contributed by atoms with Crippen LogP contribution in [0.25, 0.3) is 0 Å². The number of rotatable bonds is 6. The standard InChI is InChI=1S/C19H23N3O4/c1-24-15-6-5-14(10-16(15)25-2)19(23)22-8-7-12(11-22)9-17-20-18(26-21-17)13-3-4-13/h5-6,10,12-13H,3-4,7-9,11H2,1-2H3. The molecule has 2 aromatic rings. The summed E-state index contributed by atoms with van der Waals surface area (Å²) in [5, 5.41) is 4.09. The number of amides is 1. The second kappa shape index (κ2) is 6.97. The molecule has 1 amide bonds. The van der Waals surface area contributed by atoms with Crippen molar-refractivity contribution >= 4 is 5.91 Å². The molecule has 1 saturated carbocycles. The van der Waals surface area contributed by atoms with E-state index in [4.69, 9.17) is 14.0 Å². The Balaban J connectivity index is 1.38. The average molecular weight is 357 g/mol. The lowest BCUT2D eigenvalue weighted by Gasteiger charge is -2.17. The van der Waals surface area contributed by atoms with Gasteiger partial charge in [0.1, 0.15) is 0 Å². The maximum Gasteiger partial charge on any atom is 0.254 e. The van der Waals surface area contributed by atoms with E-state index >= 15 is 0 Å². The van der Waals surface area contributed by atoms with Crippen LogP contribution in [0.2, 0.25) is 0 Å². The molecule has 1 atom stereocenters. The number of hydrogen-bond acceptors (Lipinski definition) is 6. The van der Waals surface area contributed by atoms with Crippen molar-refractivity contribution in [2.45, 2.75) is 31.6 Å². The number of benzene rings is 1. The van der Waals surface area contributed by atoms with Crippen LogP contribution in [0.1, 0.15) is 47.3 Å². The highest BCUT2D eigenvalue weighted by atomic mass is 16.5. The fourth-order valence-corrected chi connectivity index (χ4v) is 3.44. The lowest BCUT2D eigenvalue weighted by atomic mass is 10.0. The van der Waals surface area contributed by atoms with Gasteiger partial charge >= 0.3 is 0 Å². The fourth-order valence-electron chi connectivity index (χ4n) is 3.44. The largest absolute Gasteiger partial charge is 0.493 e. The van der Waals surface area contributed by atoms with E-state index in [1.807, 2.05) is 4.90 Å². The van der Waals surface area contributed by atoms with Crippen molar-refractivity contribution in [2.75, 3.05) is 27.3 Å². The highest BCUT2D eigenvalue weighted by molar-refractivity contribution is 5.95. The molecule has 26 heavy (non-hydrogen) atoms. The van der Waals surface area contributed by atoms with E-state index < -0.39 is 0 Å². The summed E-state index contributed by atoms with van der Waals surface area (Å²) in [6, 6.07) is 5.27. The first-order valence-corrected chi connectivity index (χ1v) is 9.01. The van der Waals surface area contributed by atoms with Gasteiger partial charge in [-0.2, -0.15) is 4.98 Å². The quantitative estimate of drug-likeness (QED) is 0.791. The van der Waals surface area contributed by atoms with Gasteiger partial charge in [-0.15, -0.1) is 0 Å². The minimum atomic E-state index is 0.0141. The van der Waals surface area contributed by atoms with Crippen LogP contribution in [0.3, 0.4) is 0 Å². The van der Waals surface area contributed by atoms with Gasteiger partial charge in [-0.05, 0) is 43.4 Å². The van der Waals surface area contributed by atoms with Gasteiger partial charge in [-0.25, -0.2) is 0 Å². The fraction of sp³-hybridized carbons (Fsp3) is 0.526. The monoisotopic (exact) mass is 357 g/mol. The van der Waals surface area contributed by atoms with Gasteiger partial charge in [-0.1, -0.05) is 5.16 Å². The summed E-state index contributed by atoms with van der Waals surface area (Å²) < 4.78 is 15.8. The topological polar surface area (TPSA) is 77.7 Å².